The SMILES string of the molecule is Cc1ccc(/C(N)=N/O)c(N(CCO)CC(F)(F)F)n1. The summed E-state index contributed by atoms with van der Waals surface area (Å²) in [5.41, 5.74) is 5.97. The van der Waals surface area contributed by atoms with E-state index >= 15 is 0 Å². The number of amidine groups is 1. The van der Waals surface area contributed by atoms with Crippen LogP contribution in [-0.2, 0) is 0 Å². The summed E-state index contributed by atoms with van der Waals surface area (Å²) in [5.74, 6) is -0.440. The van der Waals surface area contributed by atoms with Crippen molar-refractivity contribution >= 4 is 11.7 Å². The van der Waals surface area contributed by atoms with Crippen molar-refractivity contribution in [1.29, 1.82) is 0 Å². The Bertz CT molecular complexity index is 491. The van der Waals surface area contributed by atoms with Crippen LogP contribution in [0, 0.1) is 6.92 Å². The molecular weight excluding hydrogens is 277 g/mol. The molecule has 20 heavy (non-hydrogen) atoms. The minimum absolute atomic E-state index is 0.0656. The maximum absolute atomic E-state index is 12.6. The topological polar surface area (TPSA) is 95.0 Å². The zero-order chi connectivity index (χ0) is 15.3. The molecule has 9 heteroatoms. The van der Waals surface area contributed by atoms with E-state index in [9.17, 15) is 13.2 Å². The summed E-state index contributed by atoms with van der Waals surface area (Å²) in [7, 11) is 0. The van der Waals surface area contributed by atoms with E-state index < -0.39 is 19.3 Å². The number of hydrogen-bond donors (Lipinski definition) is 3. The van der Waals surface area contributed by atoms with Crippen molar-refractivity contribution in [3.63, 3.8) is 0 Å². The lowest BCUT2D eigenvalue weighted by Crippen LogP contribution is -2.38. The quantitative estimate of drug-likeness (QED) is 0.323. The van der Waals surface area contributed by atoms with Crippen LogP contribution in [0.4, 0.5) is 19.0 Å². The lowest BCUT2D eigenvalue weighted by Gasteiger charge is -2.26. The van der Waals surface area contributed by atoms with E-state index in [1.807, 2.05) is 0 Å². The smallest absolute Gasteiger partial charge is 0.405 e. The summed E-state index contributed by atoms with van der Waals surface area (Å²) in [6.07, 6.45) is -4.47. The number of aliphatic hydroxyl groups excluding tert-OH is 1. The van der Waals surface area contributed by atoms with Gasteiger partial charge in [0.15, 0.2) is 5.84 Å². The Hall–Kier alpha value is -2.03. The minimum atomic E-state index is -4.47. The number of halogens is 3. The van der Waals surface area contributed by atoms with Gasteiger partial charge in [0.25, 0.3) is 0 Å². The van der Waals surface area contributed by atoms with Gasteiger partial charge in [0.05, 0.1) is 12.2 Å². The Kier molecular flexibility index (Phi) is 5.14. The molecule has 0 aliphatic rings. The fourth-order valence-electron chi connectivity index (χ4n) is 1.63. The number of anilines is 1. The highest BCUT2D eigenvalue weighted by molar-refractivity contribution is 6.01. The molecule has 0 aliphatic heterocycles. The van der Waals surface area contributed by atoms with E-state index in [0.29, 0.717) is 5.69 Å². The van der Waals surface area contributed by atoms with E-state index in [2.05, 4.69) is 10.1 Å². The highest BCUT2D eigenvalue weighted by Gasteiger charge is 2.32. The molecule has 1 heterocycles. The number of nitrogens with zero attached hydrogens (tertiary/aromatic N) is 3. The van der Waals surface area contributed by atoms with Gasteiger partial charge in [0.1, 0.15) is 12.4 Å². The number of rotatable bonds is 5. The van der Waals surface area contributed by atoms with Crippen LogP contribution in [0.3, 0.4) is 0 Å². The van der Waals surface area contributed by atoms with Crippen molar-refractivity contribution in [2.45, 2.75) is 13.1 Å². The van der Waals surface area contributed by atoms with E-state index in [1.165, 1.54) is 12.1 Å². The average molecular weight is 292 g/mol. The second-order valence-corrected chi connectivity index (χ2v) is 4.07. The number of alkyl halides is 3. The third-order valence-corrected chi connectivity index (χ3v) is 2.44. The highest BCUT2D eigenvalue weighted by Crippen LogP contribution is 2.24. The van der Waals surface area contributed by atoms with Crippen LogP contribution in [0.5, 0.6) is 0 Å². The largest absolute Gasteiger partial charge is 0.409 e. The van der Waals surface area contributed by atoms with Crippen LogP contribution in [0.1, 0.15) is 11.3 Å². The Balaban J connectivity index is 3.27. The highest BCUT2D eigenvalue weighted by atomic mass is 19.4. The average Bonchev–Trinajstić information content (AvgIpc) is 2.35. The number of pyridine rings is 1. The predicted octanol–water partition coefficient (Wildman–Crippen LogP) is 0.846. The first-order chi connectivity index (χ1) is 9.28. The summed E-state index contributed by atoms with van der Waals surface area (Å²) >= 11 is 0. The standard InChI is InChI=1S/C11H15F3N4O2/c1-7-2-3-8(9(15)17-20)10(16-7)18(4-5-19)6-11(12,13)14/h2-3,19-20H,4-6H2,1H3,(H2,15,17). The van der Waals surface area contributed by atoms with Crippen LogP contribution in [0.15, 0.2) is 17.3 Å². The molecule has 4 N–H and O–H groups in total. The zero-order valence-corrected chi connectivity index (χ0v) is 10.7. The van der Waals surface area contributed by atoms with Crippen molar-refractivity contribution in [1.82, 2.24) is 4.98 Å². The number of hydrogen-bond acceptors (Lipinski definition) is 5. The Morgan fingerprint density at radius 3 is 2.60 bits per heavy atom. The van der Waals surface area contributed by atoms with Gasteiger partial charge in [-0.1, -0.05) is 5.16 Å². The molecule has 1 aromatic heterocycles. The van der Waals surface area contributed by atoms with Crippen molar-refractivity contribution in [2.24, 2.45) is 10.9 Å². The molecule has 0 saturated carbocycles. The molecule has 0 unspecified atom stereocenters. The number of aliphatic hydroxyl groups is 1. The molecule has 0 fully saturated rings. The normalized spacial score (nSPS) is 12.6. The monoisotopic (exact) mass is 292 g/mol. The lowest BCUT2D eigenvalue weighted by atomic mass is 10.2. The molecule has 1 aromatic rings. The first kappa shape index (κ1) is 16.0. The lowest BCUT2D eigenvalue weighted by molar-refractivity contribution is -0.120. The third kappa shape index (κ3) is 4.26. The minimum Gasteiger partial charge on any atom is -0.409 e. The Morgan fingerprint density at radius 2 is 2.10 bits per heavy atom. The Morgan fingerprint density at radius 1 is 1.45 bits per heavy atom. The van der Waals surface area contributed by atoms with E-state index in [4.69, 9.17) is 16.0 Å². The van der Waals surface area contributed by atoms with Crippen LogP contribution >= 0.6 is 0 Å². The van der Waals surface area contributed by atoms with Crippen molar-refractivity contribution in [3.8, 4) is 0 Å². The molecule has 0 amide bonds. The van der Waals surface area contributed by atoms with E-state index in [1.54, 1.807) is 6.92 Å². The van der Waals surface area contributed by atoms with Gasteiger partial charge in [0, 0.05) is 12.2 Å². The summed E-state index contributed by atoms with van der Waals surface area (Å²) in [5, 5.41) is 20.3. The molecule has 0 aromatic carbocycles. The number of aryl methyl sites for hydroxylation is 1. The molecule has 1 rings (SSSR count). The van der Waals surface area contributed by atoms with Crippen molar-refractivity contribution < 1.29 is 23.5 Å². The van der Waals surface area contributed by atoms with Gasteiger partial charge in [0.2, 0.25) is 0 Å². The van der Waals surface area contributed by atoms with E-state index in [-0.39, 0.29) is 23.8 Å². The van der Waals surface area contributed by atoms with Gasteiger partial charge in [-0.3, -0.25) is 0 Å². The maximum Gasteiger partial charge on any atom is 0.405 e. The van der Waals surface area contributed by atoms with Gasteiger partial charge in [-0.2, -0.15) is 13.2 Å². The second-order valence-electron chi connectivity index (χ2n) is 4.07. The van der Waals surface area contributed by atoms with Crippen molar-refractivity contribution in [2.75, 3.05) is 24.6 Å². The molecular formula is C11H15F3N4O2. The van der Waals surface area contributed by atoms with Gasteiger partial charge in [-0.15, -0.1) is 0 Å². The van der Waals surface area contributed by atoms with Crippen LogP contribution in [0.25, 0.3) is 0 Å². The fourth-order valence-corrected chi connectivity index (χ4v) is 1.63. The fraction of sp³-hybridized carbons (Fsp3) is 0.455. The van der Waals surface area contributed by atoms with E-state index in [0.717, 1.165) is 4.90 Å². The summed E-state index contributed by atoms with van der Waals surface area (Å²) in [6, 6.07) is 2.94. The molecule has 0 spiro atoms. The molecule has 0 bridgehead atoms. The molecule has 0 atom stereocenters. The van der Waals surface area contributed by atoms with Crippen LogP contribution in [-0.4, -0.2) is 47.0 Å². The van der Waals surface area contributed by atoms with Crippen LogP contribution < -0.4 is 10.6 Å². The molecule has 0 aliphatic carbocycles. The first-order valence-electron chi connectivity index (χ1n) is 5.66. The van der Waals surface area contributed by atoms with Gasteiger partial charge < -0.3 is 20.9 Å². The summed E-state index contributed by atoms with van der Waals surface area (Å²) in [6.45, 7) is -0.455. The summed E-state index contributed by atoms with van der Waals surface area (Å²) in [4.78, 5) is 4.82. The molecule has 112 valence electrons. The molecule has 0 radical (unpaired) electrons. The van der Waals surface area contributed by atoms with Gasteiger partial charge in [-0.25, -0.2) is 4.98 Å². The Labute approximate surface area is 113 Å². The maximum atomic E-state index is 12.6. The number of aromatic nitrogens is 1. The van der Waals surface area contributed by atoms with Crippen LogP contribution in [0.2, 0.25) is 0 Å². The van der Waals surface area contributed by atoms with Gasteiger partial charge in [-0.05, 0) is 19.1 Å². The zero-order valence-electron chi connectivity index (χ0n) is 10.7. The third-order valence-electron chi connectivity index (χ3n) is 2.44. The predicted molar refractivity (Wildman–Crippen MR) is 66.8 cm³/mol. The number of nitrogens with two attached hydrogens (primary N) is 1. The second kappa shape index (κ2) is 6.42. The van der Waals surface area contributed by atoms with Gasteiger partial charge >= 0.3 is 6.18 Å². The van der Waals surface area contributed by atoms with Crippen molar-refractivity contribution in [3.05, 3.63) is 23.4 Å². The summed E-state index contributed by atoms with van der Waals surface area (Å²) < 4.78 is 37.7. The molecule has 0 saturated heterocycles. The number of oxime groups is 1. The molecule has 6 nitrogen and oxygen atoms in total. The first-order valence-corrected chi connectivity index (χ1v) is 5.66.